The maximum absolute atomic E-state index is 12.5. The molecule has 0 aromatic heterocycles. The van der Waals surface area contributed by atoms with Gasteiger partial charge in [0.2, 0.25) is 5.91 Å². The molecule has 2 rings (SSSR count). The van der Waals surface area contributed by atoms with Crippen LogP contribution in [0.25, 0.3) is 0 Å². The topological polar surface area (TPSA) is 49.4 Å². The largest absolute Gasteiger partial charge is 0.353 e. The van der Waals surface area contributed by atoms with Gasteiger partial charge in [-0.15, -0.1) is 0 Å². The number of carbonyl (C=O) groups is 2. The molecule has 0 radical (unpaired) electrons. The molecule has 1 fully saturated rings. The Morgan fingerprint density at radius 2 is 1.95 bits per heavy atom. The Labute approximate surface area is 140 Å². The molecule has 0 atom stereocenters. The minimum Gasteiger partial charge on any atom is -0.353 e. The van der Waals surface area contributed by atoms with E-state index in [-0.39, 0.29) is 17.9 Å². The van der Waals surface area contributed by atoms with Crippen molar-refractivity contribution in [3.63, 3.8) is 0 Å². The summed E-state index contributed by atoms with van der Waals surface area (Å²) in [6.45, 7) is 3.20. The zero-order valence-corrected chi connectivity index (χ0v) is 14.1. The van der Waals surface area contributed by atoms with Gasteiger partial charge in [-0.3, -0.25) is 9.59 Å². The van der Waals surface area contributed by atoms with E-state index in [0.717, 1.165) is 19.3 Å². The Balaban J connectivity index is 1.92. The third-order valence-corrected chi connectivity index (χ3v) is 4.35. The van der Waals surface area contributed by atoms with E-state index in [1.54, 1.807) is 23.1 Å². The lowest BCUT2D eigenvalue weighted by Crippen LogP contribution is -2.46. The van der Waals surface area contributed by atoms with Crippen LogP contribution in [0.1, 0.15) is 43.0 Å². The number of piperidine rings is 1. The molecule has 1 aromatic rings. The Hall–Kier alpha value is -1.26. The average molecular weight is 343 g/mol. The fourth-order valence-electron chi connectivity index (χ4n) is 2.59. The normalized spacial score (nSPS) is 15.7. The van der Waals surface area contributed by atoms with Gasteiger partial charge in [-0.2, -0.15) is 0 Å². The highest BCUT2D eigenvalue weighted by atomic mass is 35.5. The van der Waals surface area contributed by atoms with Crippen LogP contribution in [-0.2, 0) is 4.79 Å². The van der Waals surface area contributed by atoms with Gasteiger partial charge >= 0.3 is 0 Å². The highest BCUT2D eigenvalue weighted by Gasteiger charge is 2.25. The molecule has 6 heteroatoms. The minimum absolute atomic E-state index is 0.0881. The summed E-state index contributed by atoms with van der Waals surface area (Å²) >= 11 is 12.0. The summed E-state index contributed by atoms with van der Waals surface area (Å²) in [5, 5.41) is 3.92. The van der Waals surface area contributed by atoms with E-state index in [2.05, 4.69) is 5.32 Å². The Kier molecular flexibility index (Phi) is 6.09. The fourth-order valence-corrected chi connectivity index (χ4v) is 2.96. The lowest BCUT2D eigenvalue weighted by atomic mass is 10.0. The predicted molar refractivity (Wildman–Crippen MR) is 88.4 cm³/mol. The van der Waals surface area contributed by atoms with Crippen LogP contribution in [0.15, 0.2) is 18.2 Å². The summed E-state index contributed by atoms with van der Waals surface area (Å²) in [6.07, 6.45) is 2.92. The van der Waals surface area contributed by atoms with Crippen molar-refractivity contribution in [2.24, 2.45) is 0 Å². The van der Waals surface area contributed by atoms with Gasteiger partial charge in [0.15, 0.2) is 0 Å². The third-order valence-electron chi connectivity index (χ3n) is 3.78. The average Bonchev–Trinajstić information content (AvgIpc) is 2.50. The van der Waals surface area contributed by atoms with Gasteiger partial charge in [0.1, 0.15) is 0 Å². The first kappa shape index (κ1) is 17.1. The number of nitrogens with one attached hydrogen (secondary N) is 1. The molecule has 120 valence electrons. The summed E-state index contributed by atoms with van der Waals surface area (Å²) in [5.74, 6) is -0.0176. The van der Waals surface area contributed by atoms with Crippen molar-refractivity contribution in [2.45, 2.75) is 38.6 Å². The molecule has 2 amide bonds. The molecule has 0 bridgehead atoms. The maximum atomic E-state index is 12.5. The fraction of sp³-hybridized carbons (Fsp3) is 0.500. The lowest BCUT2D eigenvalue weighted by molar-refractivity contribution is -0.122. The number of hydrogen-bond donors (Lipinski definition) is 1. The second-order valence-electron chi connectivity index (χ2n) is 5.51. The first-order chi connectivity index (χ1) is 10.5. The number of rotatable bonds is 4. The van der Waals surface area contributed by atoms with Crippen LogP contribution in [0.5, 0.6) is 0 Å². The first-order valence-corrected chi connectivity index (χ1v) is 8.30. The van der Waals surface area contributed by atoms with Crippen molar-refractivity contribution in [3.05, 3.63) is 33.8 Å². The number of carbonyl (C=O) groups excluding carboxylic acids is 2. The number of amides is 2. The maximum Gasteiger partial charge on any atom is 0.255 e. The summed E-state index contributed by atoms with van der Waals surface area (Å²) in [4.78, 5) is 25.9. The van der Waals surface area contributed by atoms with Crippen molar-refractivity contribution < 1.29 is 9.59 Å². The van der Waals surface area contributed by atoms with Crippen molar-refractivity contribution in [1.82, 2.24) is 10.2 Å². The van der Waals surface area contributed by atoms with Crippen LogP contribution in [0.3, 0.4) is 0 Å². The summed E-state index contributed by atoms with van der Waals surface area (Å²) in [7, 11) is 0. The van der Waals surface area contributed by atoms with Crippen molar-refractivity contribution in [3.8, 4) is 0 Å². The predicted octanol–water partition coefficient (Wildman–Crippen LogP) is 3.51. The molecular formula is C16H20Cl2N2O2. The molecule has 0 aliphatic carbocycles. The van der Waals surface area contributed by atoms with Crippen LogP contribution in [-0.4, -0.2) is 35.8 Å². The highest BCUT2D eigenvalue weighted by molar-refractivity contribution is 6.35. The van der Waals surface area contributed by atoms with Gasteiger partial charge in [-0.1, -0.05) is 30.1 Å². The van der Waals surface area contributed by atoms with E-state index in [1.807, 2.05) is 6.92 Å². The monoisotopic (exact) mass is 342 g/mol. The van der Waals surface area contributed by atoms with Crippen LogP contribution >= 0.6 is 23.2 Å². The van der Waals surface area contributed by atoms with Gasteiger partial charge in [-0.05, 0) is 37.5 Å². The Morgan fingerprint density at radius 3 is 2.59 bits per heavy atom. The molecule has 1 aliphatic heterocycles. The van der Waals surface area contributed by atoms with Gasteiger partial charge in [-0.25, -0.2) is 0 Å². The number of hydrogen-bond acceptors (Lipinski definition) is 2. The first-order valence-electron chi connectivity index (χ1n) is 7.55. The number of benzene rings is 1. The smallest absolute Gasteiger partial charge is 0.255 e. The standard InChI is InChI=1S/C16H20Cl2N2O2/c1-2-3-15(21)19-12-6-8-20(9-7-12)16(22)13-10-11(17)4-5-14(13)18/h4-5,10,12H,2-3,6-9H2,1H3,(H,19,21). The minimum atomic E-state index is -0.106. The molecule has 22 heavy (non-hydrogen) atoms. The zero-order chi connectivity index (χ0) is 16.1. The molecule has 0 spiro atoms. The Bertz CT molecular complexity index is 555. The second kappa shape index (κ2) is 7.84. The van der Waals surface area contributed by atoms with E-state index in [1.165, 1.54) is 0 Å². The van der Waals surface area contributed by atoms with E-state index in [9.17, 15) is 9.59 Å². The zero-order valence-electron chi connectivity index (χ0n) is 12.6. The lowest BCUT2D eigenvalue weighted by Gasteiger charge is -2.32. The number of nitrogens with zero attached hydrogens (tertiary/aromatic N) is 1. The van der Waals surface area contributed by atoms with Crippen LogP contribution < -0.4 is 5.32 Å². The van der Waals surface area contributed by atoms with E-state index in [0.29, 0.717) is 35.1 Å². The van der Waals surface area contributed by atoms with Crippen LogP contribution in [0.2, 0.25) is 10.0 Å². The van der Waals surface area contributed by atoms with Crippen molar-refractivity contribution >= 4 is 35.0 Å². The molecule has 0 saturated carbocycles. The van der Waals surface area contributed by atoms with Gasteiger partial charge in [0.05, 0.1) is 10.6 Å². The SMILES string of the molecule is CCCC(=O)NC1CCN(C(=O)c2cc(Cl)ccc2Cl)CC1. The van der Waals surface area contributed by atoms with Crippen molar-refractivity contribution in [2.75, 3.05) is 13.1 Å². The third kappa shape index (κ3) is 4.37. The van der Waals surface area contributed by atoms with Gasteiger partial charge < -0.3 is 10.2 Å². The van der Waals surface area contributed by atoms with Gasteiger partial charge in [0, 0.05) is 30.6 Å². The number of likely N-dealkylation sites (tertiary alicyclic amines) is 1. The Morgan fingerprint density at radius 1 is 1.27 bits per heavy atom. The summed E-state index contributed by atoms with van der Waals surface area (Å²) in [6, 6.07) is 5.05. The molecule has 1 aromatic carbocycles. The molecule has 1 saturated heterocycles. The van der Waals surface area contributed by atoms with Crippen molar-refractivity contribution in [1.29, 1.82) is 0 Å². The second-order valence-corrected chi connectivity index (χ2v) is 6.35. The highest BCUT2D eigenvalue weighted by Crippen LogP contribution is 2.23. The van der Waals surface area contributed by atoms with Gasteiger partial charge in [0.25, 0.3) is 5.91 Å². The van der Waals surface area contributed by atoms with Crippen LogP contribution in [0.4, 0.5) is 0 Å². The molecular weight excluding hydrogens is 323 g/mol. The van der Waals surface area contributed by atoms with E-state index in [4.69, 9.17) is 23.2 Å². The molecule has 0 unspecified atom stereocenters. The molecule has 1 N–H and O–H groups in total. The molecule has 1 heterocycles. The van der Waals surface area contributed by atoms with E-state index >= 15 is 0 Å². The number of halogens is 2. The van der Waals surface area contributed by atoms with Crippen LogP contribution in [0, 0.1) is 0 Å². The summed E-state index contributed by atoms with van der Waals surface area (Å²) in [5.41, 5.74) is 0.433. The molecule has 1 aliphatic rings. The van der Waals surface area contributed by atoms with E-state index < -0.39 is 0 Å². The molecule has 4 nitrogen and oxygen atoms in total. The quantitative estimate of drug-likeness (QED) is 0.909. The summed E-state index contributed by atoms with van der Waals surface area (Å²) < 4.78 is 0.